The fourth-order valence-corrected chi connectivity index (χ4v) is 5.64. The van der Waals surface area contributed by atoms with E-state index in [4.69, 9.17) is 9.05 Å². The predicted octanol–water partition coefficient (Wildman–Crippen LogP) is 8.38. The van der Waals surface area contributed by atoms with Crippen LogP contribution in [-0.2, 0) is 18.4 Å². The van der Waals surface area contributed by atoms with E-state index >= 15 is 0 Å². The number of nitrogens with one attached hydrogen (secondary N) is 1. The molecule has 3 unspecified atom stereocenters. The Morgan fingerprint density at radius 2 is 1.24 bits per heavy atom. The van der Waals surface area contributed by atoms with Crippen LogP contribution in [-0.4, -0.2) is 68.5 Å². The maximum atomic E-state index is 12.7. The van der Waals surface area contributed by atoms with E-state index < -0.39 is 26.6 Å². The summed E-state index contributed by atoms with van der Waals surface area (Å²) in [7, 11) is 1.24. The van der Waals surface area contributed by atoms with Crippen LogP contribution in [0.5, 0.6) is 0 Å². The summed E-state index contributed by atoms with van der Waals surface area (Å²) in [5, 5.41) is 13.6. The summed E-state index contributed by atoms with van der Waals surface area (Å²) >= 11 is 0. The van der Waals surface area contributed by atoms with Crippen LogP contribution in [0.2, 0.25) is 0 Å². The zero-order valence-electron chi connectivity index (χ0n) is 29.8. The zero-order valence-corrected chi connectivity index (χ0v) is 30.7. The van der Waals surface area contributed by atoms with Gasteiger partial charge in [0.25, 0.3) is 7.82 Å². The molecule has 3 atom stereocenters. The molecule has 0 aromatic rings. The lowest BCUT2D eigenvalue weighted by Crippen LogP contribution is -2.45. The lowest BCUT2D eigenvalue weighted by molar-refractivity contribution is -0.870. The third-order valence-corrected chi connectivity index (χ3v) is 8.88. The molecule has 0 aromatic carbocycles. The predicted molar refractivity (Wildman–Crippen MR) is 187 cm³/mol. The summed E-state index contributed by atoms with van der Waals surface area (Å²) < 4.78 is 23.0. The zero-order chi connectivity index (χ0) is 33.7. The first kappa shape index (κ1) is 44.0. The van der Waals surface area contributed by atoms with Gasteiger partial charge in [0.2, 0.25) is 5.91 Å². The first-order valence-electron chi connectivity index (χ1n) is 18.2. The molecule has 1 amide bonds. The van der Waals surface area contributed by atoms with Gasteiger partial charge in [-0.15, -0.1) is 0 Å². The molecular formula is C36H71N2O6P. The third-order valence-electron chi connectivity index (χ3n) is 7.91. The molecular weight excluding hydrogens is 587 g/mol. The van der Waals surface area contributed by atoms with Gasteiger partial charge in [0.05, 0.1) is 39.9 Å². The number of hydrogen-bond acceptors (Lipinski definition) is 6. The maximum Gasteiger partial charge on any atom is 0.268 e. The Morgan fingerprint density at radius 1 is 0.756 bits per heavy atom. The van der Waals surface area contributed by atoms with Gasteiger partial charge in [-0.2, -0.15) is 0 Å². The van der Waals surface area contributed by atoms with Crippen molar-refractivity contribution in [3.63, 3.8) is 0 Å². The lowest BCUT2D eigenvalue weighted by atomic mass is 10.0. The van der Waals surface area contributed by atoms with Gasteiger partial charge >= 0.3 is 0 Å². The molecule has 0 bridgehead atoms. The summed E-state index contributed by atoms with van der Waals surface area (Å²) in [6.07, 6.45) is 30.9. The topological polar surface area (TPSA) is 108 Å². The highest BCUT2D eigenvalue weighted by atomic mass is 31.2. The molecule has 0 aliphatic heterocycles. The van der Waals surface area contributed by atoms with Gasteiger partial charge in [0, 0.05) is 6.42 Å². The van der Waals surface area contributed by atoms with Crippen LogP contribution in [0.15, 0.2) is 24.3 Å². The quantitative estimate of drug-likeness (QED) is 0.0325. The number of nitrogens with zero attached hydrogens (tertiary/aromatic N) is 1. The number of phosphoric ester groups is 1. The highest BCUT2D eigenvalue weighted by molar-refractivity contribution is 7.45. The molecule has 0 saturated heterocycles. The molecule has 45 heavy (non-hydrogen) atoms. The molecule has 0 aliphatic rings. The molecule has 0 spiro atoms. The molecule has 0 radical (unpaired) electrons. The molecule has 0 rings (SSSR count). The minimum absolute atomic E-state index is 0.00523. The second kappa shape index (κ2) is 29.1. The molecule has 0 fully saturated rings. The van der Waals surface area contributed by atoms with E-state index in [-0.39, 0.29) is 12.5 Å². The van der Waals surface area contributed by atoms with Gasteiger partial charge in [-0.25, -0.2) is 0 Å². The number of carbonyl (C=O) groups is 1. The van der Waals surface area contributed by atoms with E-state index in [1.54, 1.807) is 6.08 Å². The van der Waals surface area contributed by atoms with Crippen LogP contribution in [0.25, 0.3) is 0 Å². The van der Waals surface area contributed by atoms with Gasteiger partial charge < -0.3 is 28.8 Å². The number of aliphatic hydroxyl groups is 1. The standard InChI is InChI=1S/C36H71N2O6P/c1-6-8-10-12-14-16-17-18-19-20-21-22-24-26-28-30-36(40)37-34(33-44-45(41,42)43-32-31-38(3,4)5)35(39)29-27-25-23-15-13-11-9-7-2/h13,15,27,29,34-35,39H,6-12,14,16-26,28,30-33H2,1-5H3,(H-,37,40,41,42)/b15-13+,29-27+. The van der Waals surface area contributed by atoms with Crippen molar-refractivity contribution in [3.8, 4) is 0 Å². The number of rotatable bonds is 32. The van der Waals surface area contributed by atoms with Crippen molar-refractivity contribution in [2.75, 3.05) is 40.9 Å². The lowest BCUT2D eigenvalue weighted by Gasteiger charge is -2.29. The molecule has 0 heterocycles. The number of unbranched alkanes of at least 4 members (excludes halogenated alkanes) is 17. The van der Waals surface area contributed by atoms with Crippen molar-refractivity contribution in [1.82, 2.24) is 5.32 Å². The van der Waals surface area contributed by atoms with Gasteiger partial charge in [-0.1, -0.05) is 141 Å². The first-order chi connectivity index (χ1) is 21.5. The first-order valence-corrected chi connectivity index (χ1v) is 19.7. The Morgan fingerprint density at radius 3 is 1.78 bits per heavy atom. The third kappa shape index (κ3) is 31.4. The molecule has 0 aliphatic carbocycles. The maximum absolute atomic E-state index is 12.7. The van der Waals surface area contributed by atoms with Crippen LogP contribution >= 0.6 is 7.82 Å². The largest absolute Gasteiger partial charge is 0.756 e. The number of carbonyl (C=O) groups excluding carboxylic acids is 1. The normalized spacial score (nSPS) is 15.1. The molecule has 8 nitrogen and oxygen atoms in total. The minimum Gasteiger partial charge on any atom is -0.756 e. The number of likely N-dealkylation sites (N-methyl/N-ethyl adjacent to an activating group) is 1. The number of phosphoric acid groups is 1. The SMILES string of the molecule is CCCC/C=C/CC/C=C/C(O)C(COP(=O)([O-])OCC[N+](C)(C)C)NC(=O)CCCCCCCCCCCCCCCCC. The second-order valence-corrected chi connectivity index (χ2v) is 15.0. The van der Waals surface area contributed by atoms with E-state index in [1.165, 1.54) is 89.9 Å². The summed E-state index contributed by atoms with van der Waals surface area (Å²) in [4.78, 5) is 25.0. The van der Waals surface area contributed by atoms with Crippen LogP contribution in [0.4, 0.5) is 0 Å². The summed E-state index contributed by atoms with van der Waals surface area (Å²) in [5.74, 6) is -0.212. The number of quaternary nitrogens is 1. The van der Waals surface area contributed by atoms with Gasteiger partial charge in [0.1, 0.15) is 13.2 Å². The van der Waals surface area contributed by atoms with Crippen molar-refractivity contribution in [2.24, 2.45) is 0 Å². The highest BCUT2D eigenvalue weighted by Gasteiger charge is 2.23. The highest BCUT2D eigenvalue weighted by Crippen LogP contribution is 2.38. The summed E-state index contributed by atoms with van der Waals surface area (Å²) in [6, 6.07) is -0.894. The van der Waals surface area contributed by atoms with Gasteiger partial charge in [-0.3, -0.25) is 9.36 Å². The van der Waals surface area contributed by atoms with Crippen LogP contribution in [0.3, 0.4) is 0 Å². The van der Waals surface area contributed by atoms with Crippen LogP contribution in [0.1, 0.15) is 149 Å². The van der Waals surface area contributed by atoms with E-state index in [2.05, 4.69) is 31.3 Å². The molecule has 0 saturated carbocycles. The van der Waals surface area contributed by atoms with E-state index in [9.17, 15) is 19.4 Å². The Balaban J connectivity index is 4.47. The van der Waals surface area contributed by atoms with E-state index in [0.717, 1.165) is 38.5 Å². The Kier molecular flexibility index (Phi) is 28.5. The fourth-order valence-electron chi connectivity index (χ4n) is 4.92. The van der Waals surface area contributed by atoms with E-state index in [1.807, 2.05) is 27.2 Å². The average Bonchev–Trinajstić information content (AvgIpc) is 2.97. The molecule has 9 heteroatoms. The number of aliphatic hydroxyl groups excluding tert-OH is 1. The monoisotopic (exact) mass is 659 g/mol. The van der Waals surface area contributed by atoms with Crippen LogP contribution < -0.4 is 10.2 Å². The summed E-state index contributed by atoms with van der Waals surface area (Å²) in [5.41, 5.74) is 0. The van der Waals surface area contributed by atoms with Crippen molar-refractivity contribution in [2.45, 2.75) is 161 Å². The van der Waals surface area contributed by atoms with Crippen molar-refractivity contribution in [3.05, 3.63) is 24.3 Å². The Labute approximate surface area is 277 Å². The van der Waals surface area contributed by atoms with Gasteiger partial charge in [-0.05, 0) is 25.7 Å². The van der Waals surface area contributed by atoms with Crippen molar-refractivity contribution >= 4 is 13.7 Å². The second-order valence-electron chi connectivity index (χ2n) is 13.6. The van der Waals surface area contributed by atoms with E-state index in [0.29, 0.717) is 17.4 Å². The minimum atomic E-state index is -4.58. The smallest absolute Gasteiger partial charge is 0.268 e. The fraction of sp³-hybridized carbons (Fsp3) is 0.861. The number of allylic oxidation sites excluding steroid dienone is 3. The van der Waals surface area contributed by atoms with Gasteiger partial charge in [0.15, 0.2) is 0 Å². The van der Waals surface area contributed by atoms with Crippen molar-refractivity contribution < 1.29 is 32.9 Å². The summed E-state index contributed by atoms with van der Waals surface area (Å²) in [6.45, 7) is 4.53. The average molecular weight is 659 g/mol. The number of hydrogen-bond donors (Lipinski definition) is 2. The Bertz CT molecular complexity index is 799. The number of amides is 1. The van der Waals surface area contributed by atoms with Crippen LogP contribution in [0, 0.1) is 0 Å². The Hall–Kier alpha value is -1.02. The van der Waals surface area contributed by atoms with Crippen molar-refractivity contribution in [1.29, 1.82) is 0 Å². The molecule has 2 N–H and O–H groups in total. The molecule has 266 valence electrons. The molecule has 0 aromatic heterocycles.